The Bertz CT molecular complexity index is 1530. The summed E-state index contributed by atoms with van der Waals surface area (Å²) in [5.41, 5.74) is 6.70. The number of fused-ring (bicyclic) bond motifs is 2. The van der Waals surface area contributed by atoms with Gasteiger partial charge in [0.1, 0.15) is 6.29 Å². The van der Waals surface area contributed by atoms with E-state index in [4.69, 9.17) is 6.57 Å². The van der Waals surface area contributed by atoms with Gasteiger partial charge in [-0.05, 0) is 98.3 Å². The van der Waals surface area contributed by atoms with Crippen LogP contribution in [0.2, 0.25) is 0 Å². The zero-order valence-corrected chi connectivity index (χ0v) is 26.7. The van der Waals surface area contributed by atoms with Crippen LogP contribution in [0.3, 0.4) is 0 Å². The minimum atomic E-state index is 0.0376. The largest absolute Gasteiger partial charge is 0.338 e. The fourth-order valence-corrected chi connectivity index (χ4v) is 6.66. The maximum Gasteiger partial charge on any atom is 0.254 e. The molecule has 1 saturated heterocycles. The number of halogens is 1. The maximum absolute atomic E-state index is 12.9. The van der Waals surface area contributed by atoms with E-state index in [0.717, 1.165) is 83.0 Å². The van der Waals surface area contributed by atoms with Crippen molar-refractivity contribution in [3.63, 3.8) is 0 Å². The molecule has 3 heterocycles. The third kappa shape index (κ3) is 7.82. The molecule has 228 valence electrons. The predicted octanol–water partition coefficient (Wildman–Crippen LogP) is 6.82. The van der Waals surface area contributed by atoms with Crippen molar-refractivity contribution in [2.24, 2.45) is 0 Å². The molecule has 3 aliphatic heterocycles. The number of rotatable bonds is 8. The Hall–Kier alpha value is -3.80. The summed E-state index contributed by atoms with van der Waals surface area (Å²) in [6.45, 7) is 13.5. The van der Waals surface area contributed by atoms with Gasteiger partial charge in [0.15, 0.2) is 5.69 Å². The molecule has 2 amide bonds. The van der Waals surface area contributed by atoms with E-state index in [1.165, 1.54) is 32.4 Å². The van der Waals surface area contributed by atoms with E-state index in [1.54, 1.807) is 4.90 Å². The molecule has 44 heavy (non-hydrogen) atoms. The summed E-state index contributed by atoms with van der Waals surface area (Å²) in [6, 6.07) is 19.5. The number of piperidine rings is 1. The van der Waals surface area contributed by atoms with E-state index < -0.39 is 0 Å². The standard InChI is InChI=1S/C24H27N3O.C12H12BrNO2/c1-25-22-9-6-19(7-10-22)20-8-11-23-21(18-20)12-17-27(24(23)28)16-5-15-26-13-3-2-4-14-26;13-10-2-3-11-9(8-10)4-6-14(12(11)16)5-1-7-15/h6-11,18H,2-5,12-17H2;2-3,7-8H,1,4-6H2. The van der Waals surface area contributed by atoms with E-state index in [0.29, 0.717) is 25.2 Å². The summed E-state index contributed by atoms with van der Waals surface area (Å²) >= 11 is 3.40. The molecular weight excluding hydrogens is 616 g/mol. The maximum atomic E-state index is 12.9. The van der Waals surface area contributed by atoms with Gasteiger partial charge in [-0.2, -0.15) is 0 Å². The van der Waals surface area contributed by atoms with E-state index in [9.17, 15) is 14.4 Å². The second-order valence-electron chi connectivity index (χ2n) is 11.6. The topological polar surface area (TPSA) is 65.3 Å². The lowest BCUT2D eigenvalue weighted by molar-refractivity contribution is -0.108. The highest BCUT2D eigenvalue weighted by molar-refractivity contribution is 9.10. The second-order valence-corrected chi connectivity index (χ2v) is 12.5. The highest BCUT2D eigenvalue weighted by Gasteiger charge is 2.25. The molecule has 0 saturated carbocycles. The Labute approximate surface area is 268 Å². The molecule has 3 aromatic carbocycles. The van der Waals surface area contributed by atoms with Gasteiger partial charge in [-0.1, -0.05) is 58.7 Å². The van der Waals surface area contributed by atoms with E-state index in [1.807, 2.05) is 59.5 Å². The first-order valence-corrected chi connectivity index (χ1v) is 16.4. The highest BCUT2D eigenvalue weighted by atomic mass is 79.9. The summed E-state index contributed by atoms with van der Waals surface area (Å²) in [5, 5.41) is 0. The lowest BCUT2D eigenvalue weighted by Crippen LogP contribution is -2.40. The van der Waals surface area contributed by atoms with Crippen LogP contribution >= 0.6 is 15.9 Å². The highest BCUT2D eigenvalue weighted by Crippen LogP contribution is 2.28. The minimum absolute atomic E-state index is 0.0376. The smallest absolute Gasteiger partial charge is 0.254 e. The molecule has 0 aromatic heterocycles. The van der Waals surface area contributed by atoms with Crippen molar-refractivity contribution < 1.29 is 14.4 Å². The monoisotopic (exact) mass is 654 g/mol. The van der Waals surface area contributed by atoms with Gasteiger partial charge in [0.05, 0.1) is 6.57 Å². The van der Waals surface area contributed by atoms with Crippen LogP contribution in [0, 0.1) is 6.57 Å². The molecule has 1 fully saturated rings. The number of likely N-dealkylation sites (tertiary alicyclic amines) is 1. The molecule has 3 aromatic rings. The molecule has 0 spiro atoms. The van der Waals surface area contributed by atoms with Crippen molar-refractivity contribution in [1.82, 2.24) is 14.7 Å². The Balaban J connectivity index is 0.000000204. The Morgan fingerprint density at radius 1 is 0.727 bits per heavy atom. The van der Waals surface area contributed by atoms with Gasteiger partial charge < -0.3 is 19.5 Å². The van der Waals surface area contributed by atoms with Gasteiger partial charge in [-0.25, -0.2) is 4.85 Å². The van der Waals surface area contributed by atoms with Gasteiger partial charge >= 0.3 is 0 Å². The van der Waals surface area contributed by atoms with Crippen LogP contribution in [-0.2, 0) is 17.6 Å². The summed E-state index contributed by atoms with van der Waals surface area (Å²) in [6.07, 6.45) is 8.11. The first kappa shape index (κ1) is 31.6. The fourth-order valence-electron chi connectivity index (χ4n) is 6.25. The van der Waals surface area contributed by atoms with Crippen molar-refractivity contribution >= 4 is 39.7 Å². The van der Waals surface area contributed by atoms with Crippen LogP contribution in [0.25, 0.3) is 16.0 Å². The number of hydrogen-bond acceptors (Lipinski definition) is 4. The van der Waals surface area contributed by atoms with Crippen LogP contribution in [0.15, 0.2) is 65.1 Å². The van der Waals surface area contributed by atoms with Crippen molar-refractivity contribution in [2.75, 3.05) is 45.8 Å². The Kier molecular flexibility index (Phi) is 11.0. The number of nitrogens with zero attached hydrogens (tertiary/aromatic N) is 4. The number of benzene rings is 3. The van der Waals surface area contributed by atoms with E-state index >= 15 is 0 Å². The number of carbonyl (C=O) groups is 3. The number of carbonyl (C=O) groups excluding carboxylic acids is 3. The van der Waals surface area contributed by atoms with Crippen molar-refractivity contribution in [3.8, 4) is 11.1 Å². The zero-order valence-electron chi connectivity index (χ0n) is 25.1. The van der Waals surface area contributed by atoms with Crippen LogP contribution in [-0.4, -0.2) is 78.6 Å². The number of hydrogen-bond donors (Lipinski definition) is 0. The third-order valence-electron chi connectivity index (χ3n) is 8.71. The molecule has 7 nitrogen and oxygen atoms in total. The fraction of sp³-hybridized carbons (Fsp3) is 0.389. The van der Waals surface area contributed by atoms with Crippen molar-refractivity contribution in [1.29, 1.82) is 0 Å². The van der Waals surface area contributed by atoms with Gasteiger partial charge in [-0.15, -0.1) is 0 Å². The minimum Gasteiger partial charge on any atom is -0.338 e. The predicted molar refractivity (Wildman–Crippen MR) is 177 cm³/mol. The molecule has 6 rings (SSSR count). The molecule has 8 heteroatoms. The van der Waals surface area contributed by atoms with Gasteiger partial charge in [0.25, 0.3) is 11.8 Å². The van der Waals surface area contributed by atoms with Gasteiger partial charge in [0.2, 0.25) is 0 Å². The second kappa shape index (κ2) is 15.3. The quantitative estimate of drug-likeness (QED) is 0.198. The molecular formula is C36H39BrN4O3. The van der Waals surface area contributed by atoms with Crippen LogP contribution in [0.5, 0.6) is 0 Å². The molecule has 3 aliphatic rings. The molecule has 0 radical (unpaired) electrons. The summed E-state index contributed by atoms with van der Waals surface area (Å²) in [7, 11) is 0. The van der Waals surface area contributed by atoms with Crippen molar-refractivity contribution in [3.05, 3.63) is 98.8 Å². The van der Waals surface area contributed by atoms with Crippen LogP contribution < -0.4 is 0 Å². The van der Waals surface area contributed by atoms with Crippen LogP contribution in [0.1, 0.15) is 63.9 Å². The Morgan fingerprint density at radius 3 is 2.00 bits per heavy atom. The van der Waals surface area contributed by atoms with Gasteiger partial charge in [-0.3, -0.25) is 9.59 Å². The lowest BCUT2D eigenvalue weighted by atomic mass is 9.94. The first-order chi connectivity index (χ1) is 21.5. The molecule has 0 atom stereocenters. The summed E-state index contributed by atoms with van der Waals surface area (Å²) in [4.78, 5) is 45.0. The van der Waals surface area contributed by atoms with E-state index in [2.05, 4.69) is 31.7 Å². The number of aldehydes is 1. The van der Waals surface area contributed by atoms with E-state index in [-0.39, 0.29) is 11.8 Å². The number of amides is 2. The normalized spacial score (nSPS) is 16.4. The van der Waals surface area contributed by atoms with Crippen molar-refractivity contribution in [2.45, 2.75) is 44.9 Å². The molecule has 0 aliphatic carbocycles. The summed E-state index contributed by atoms with van der Waals surface area (Å²) in [5.74, 6) is 0.213. The lowest BCUT2D eigenvalue weighted by Gasteiger charge is -2.31. The summed E-state index contributed by atoms with van der Waals surface area (Å²) < 4.78 is 1.00. The SMILES string of the molecule is O=CCCN1CCc2cc(Br)ccc2C1=O.[C-]#[N+]c1ccc(-c2ccc3c(c2)CCN(CCCN2CCCCC2)C3=O)cc1. The molecule has 0 N–H and O–H groups in total. The Morgan fingerprint density at radius 2 is 1.34 bits per heavy atom. The third-order valence-corrected chi connectivity index (χ3v) is 9.20. The molecule has 0 bridgehead atoms. The molecule has 0 unspecified atom stereocenters. The zero-order chi connectivity index (χ0) is 30.9. The van der Waals surface area contributed by atoms with Gasteiger partial charge in [0, 0.05) is 48.2 Å². The first-order valence-electron chi connectivity index (χ1n) is 15.6. The average molecular weight is 656 g/mol. The average Bonchev–Trinajstić information content (AvgIpc) is 3.06. The van der Waals surface area contributed by atoms with Crippen LogP contribution in [0.4, 0.5) is 5.69 Å².